The number of aryl methyl sites for hydroxylation is 1. The Labute approximate surface area is 136 Å². The number of nitrogens with one attached hydrogen (secondary N) is 1. The predicted octanol–water partition coefficient (Wildman–Crippen LogP) is 3.62. The van der Waals surface area contributed by atoms with Crippen LogP contribution in [0.25, 0.3) is 11.4 Å². The topological polar surface area (TPSA) is 76.7 Å². The monoisotopic (exact) mass is 333 g/mol. The number of benzene rings is 1. The zero-order chi connectivity index (χ0) is 15.4. The molecule has 0 unspecified atom stereocenters. The van der Waals surface area contributed by atoms with Gasteiger partial charge in [-0.25, -0.2) is 0 Å². The van der Waals surface area contributed by atoms with Crippen molar-refractivity contribution in [3.05, 3.63) is 35.7 Å². The Morgan fingerprint density at radius 3 is 2.82 bits per heavy atom. The maximum atomic E-state index is 5.28. The summed E-state index contributed by atoms with van der Waals surface area (Å²) >= 11 is 3.06. The maximum absolute atomic E-state index is 5.28. The molecule has 3 rings (SSSR count). The zero-order valence-electron chi connectivity index (χ0n) is 12.2. The van der Waals surface area contributed by atoms with Crippen molar-refractivity contribution in [2.45, 2.75) is 23.9 Å². The fraction of sp³-hybridized carbons (Fsp3) is 0.286. The van der Waals surface area contributed by atoms with E-state index in [4.69, 9.17) is 4.52 Å². The number of aromatic nitrogens is 4. The van der Waals surface area contributed by atoms with Crippen molar-refractivity contribution in [2.75, 3.05) is 11.9 Å². The molecular formula is C14H15N5OS2. The standard InChI is InChI=1S/C14H15N5OS2/c1-3-15-13-17-18-14(22-13)21-8-11-16-12(19-20-11)10-6-4-9(2)5-7-10/h4-7H,3,8H2,1-2H3,(H,15,17). The zero-order valence-corrected chi connectivity index (χ0v) is 13.9. The lowest BCUT2D eigenvalue weighted by Gasteiger charge is -1.94. The quantitative estimate of drug-likeness (QED) is 0.690. The number of nitrogens with zero attached hydrogens (tertiary/aromatic N) is 4. The first-order chi connectivity index (χ1) is 10.7. The van der Waals surface area contributed by atoms with E-state index in [0.29, 0.717) is 17.5 Å². The first kappa shape index (κ1) is 15.0. The van der Waals surface area contributed by atoms with Gasteiger partial charge in [0.15, 0.2) is 4.34 Å². The van der Waals surface area contributed by atoms with Crippen LogP contribution in [0.3, 0.4) is 0 Å². The summed E-state index contributed by atoms with van der Waals surface area (Å²) in [4.78, 5) is 4.41. The fourth-order valence-electron chi connectivity index (χ4n) is 1.75. The van der Waals surface area contributed by atoms with Crippen molar-refractivity contribution in [3.63, 3.8) is 0 Å². The van der Waals surface area contributed by atoms with Crippen LogP contribution < -0.4 is 5.32 Å². The van der Waals surface area contributed by atoms with Gasteiger partial charge in [-0.05, 0) is 13.8 Å². The Morgan fingerprint density at radius 1 is 1.23 bits per heavy atom. The van der Waals surface area contributed by atoms with Crippen LogP contribution in [0, 0.1) is 6.92 Å². The van der Waals surface area contributed by atoms with Crippen LogP contribution in [0.5, 0.6) is 0 Å². The minimum Gasteiger partial charge on any atom is -0.360 e. The van der Waals surface area contributed by atoms with Gasteiger partial charge in [0, 0.05) is 12.1 Å². The lowest BCUT2D eigenvalue weighted by atomic mass is 10.1. The molecule has 0 saturated carbocycles. The molecule has 0 saturated heterocycles. The van der Waals surface area contributed by atoms with Gasteiger partial charge in [0.2, 0.25) is 16.8 Å². The highest BCUT2D eigenvalue weighted by molar-refractivity contribution is 8.00. The first-order valence-electron chi connectivity index (χ1n) is 6.84. The summed E-state index contributed by atoms with van der Waals surface area (Å²) in [5.41, 5.74) is 2.16. The summed E-state index contributed by atoms with van der Waals surface area (Å²) in [7, 11) is 0. The number of hydrogen-bond donors (Lipinski definition) is 1. The molecule has 0 aliphatic rings. The highest BCUT2D eigenvalue weighted by Crippen LogP contribution is 2.28. The van der Waals surface area contributed by atoms with E-state index < -0.39 is 0 Å². The van der Waals surface area contributed by atoms with Crippen LogP contribution in [0.2, 0.25) is 0 Å². The van der Waals surface area contributed by atoms with E-state index in [9.17, 15) is 0 Å². The number of thioether (sulfide) groups is 1. The van der Waals surface area contributed by atoms with Crippen LogP contribution in [0.15, 0.2) is 33.1 Å². The van der Waals surface area contributed by atoms with E-state index in [1.807, 2.05) is 38.1 Å². The Bertz CT molecular complexity index is 738. The van der Waals surface area contributed by atoms with Crippen LogP contribution >= 0.6 is 23.1 Å². The molecule has 1 aromatic carbocycles. The van der Waals surface area contributed by atoms with E-state index in [1.165, 1.54) is 28.7 Å². The Morgan fingerprint density at radius 2 is 2.05 bits per heavy atom. The third-order valence-electron chi connectivity index (χ3n) is 2.83. The summed E-state index contributed by atoms with van der Waals surface area (Å²) < 4.78 is 6.16. The third-order valence-corrected chi connectivity index (χ3v) is 4.83. The molecular weight excluding hydrogens is 318 g/mol. The van der Waals surface area contributed by atoms with Gasteiger partial charge in [0.25, 0.3) is 0 Å². The molecule has 0 aliphatic carbocycles. The fourth-order valence-corrected chi connectivity index (χ4v) is 3.40. The second-order valence-electron chi connectivity index (χ2n) is 4.57. The van der Waals surface area contributed by atoms with E-state index in [0.717, 1.165) is 21.6 Å². The van der Waals surface area contributed by atoms with Crippen molar-refractivity contribution in [2.24, 2.45) is 0 Å². The molecule has 3 aromatic rings. The van der Waals surface area contributed by atoms with E-state index in [1.54, 1.807) is 0 Å². The summed E-state index contributed by atoms with van der Waals surface area (Å²) in [6.45, 7) is 4.91. The number of anilines is 1. The summed E-state index contributed by atoms with van der Waals surface area (Å²) in [5.74, 6) is 1.78. The molecule has 0 bridgehead atoms. The van der Waals surface area contributed by atoms with Gasteiger partial charge < -0.3 is 9.84 Å². The second kappa shape index (κ2) is 6.89. The van der Waals surface area contributed by atoms with Crippen molar-refractivity contribution in [1.29, 1.82) is 0 Å². The van der Waals surface area contributed by atoms with Gasteiger partial charge in [0.1, 0.15) is 0 Å². The lowest BCUT2D eigenvalue weighted by molar-refractivity contribution is 0.391. The smallest absolute Gasteiger partial charge is 0.237 e. The predicted molar refractivity (Wildman–Crippen MR) is 88.1 cm³/mol. The summed E-state index contributed by atoms with van der Waals surface area (Å²) in [6.07, 6.45) is 0. The highest BCUT2D eigenvalue weighted by Gasteiger charge is 2.11. The Balaban J connectivity index is 1.62. The molecule has 0 fully saturated rings. The van der Waals surface area contributed by atoms with Crippen LogP contribution in [0.4, 0.5) is 5.13 Å². The molecule has 8 heteroatoms. The SMILES string of the molecule is CCNc1nnc(SCc2nc(-c3ccc(C)cc3)no2)s1. The molecule has 0 radical (unpaired) electrons. The van der Waals surface area contributed by atoms with Gasteiger partial charge >= 0.3 is 0 Å². The maximum Gasteiger partial charge on any atom is 0.237 e. The van der Waals surface area contributed by atoms with Crippen LogP contribution in [-0.4, -0.2) is 26.9 Å². The van der Waals surface area contributed by atoms with Crippen LogP contribution in [0.1, 0.15) is 18.4 Å². The number of hydrogen-bond acceptors (Lipinski definition) is 8. The van der Waals surface area contributed by atoms with E-state index in [-0.39, 0.29) is 0 Å². The molecule has 0 spiro atoms. The van der Waals surface area contributed by atoms with Gasteiger partial charge in [-0.2, -0.15) is 4.98 Å². The molecule has 6 nitrogen and oxygen atoms in total. The van der Waals surface area contributed by atoms with Gasteiger partial charge in [0.05, 0.1) is 5.75 Å². The summed E-state index contributed by atoms with van der Waals surface area (Å²) in [6, 6.07) is 8.04. The highest BCUT2D eigenvalue weighted by atomic mass is 32.2. The van der Waals surface area contributed by atoms with Crippen molar-refractivity contribution >= 4 is 28.2 Å². The van der Waals surface area contributed by atoms with E-state index in [2.05, 4.69) is 25.7 Å². The number of rotatable bonds is 6. The second-order valence-corrected chi connectivity index (χ2v) is 6.77. The third kappa shape index (κ3) is 3.63. The van der Waals surface area contributed by atoms with Gasteiger partial charge in [-0.1, -0.05) is 58.1 Å². The molecule has 0 amide bonds. The minimum atomic E-state index is 0.583. The van der Waals surface area contributed by atoms with Gasteiger partial charge in [-0.15, -0.1) is 10.2 Å². The van der Waals surface area contributed by atoms with Crippen molar-refractivity contribution < 1.29 is 4.52 Å². The molecule has 0 atom stereocenters. The van der Waals surface area contributed by atoms with Crippen molar-refractivity contribution in [1.82, 2.24) is 20.3 Å². The van der Waals surface area contributed by atoms with Crippen molar-refractivity contribution in [3.8, 4) is 11.4 Å². The van der Waals surface area contributed by atoms with E-state index >= 15 is 0 Å². The molecule has 2 aromatic heterocycles. The molecule has 0 aliphatic heterocycles. The van der Waals surface area contributed by atoms with Crippen LogP contribution in [-0.2, 0) is 5.75 Å². The Hall–Kier alpha value is -1.93. The summed E-state index contributed by atoms with van der Waals surface area (Å²) in [5, 5.41) is 16.1. The average molecular weight is 333 g/mol. The molecule has 1 N–H and O–H groups in total. The Kier molecular flexibility index (Phi) is 4.69. The molecule has 2 heterocycles. The lowest BCUT2D eigenvalue weighted by Crippen LogP contribution is -1.94. The largest absolute Gasteiger partial charge is 0.360 e. The minimum absolute atomic E-state index is 0.583. The normalized spacial score (nSPS) is 10.8. The van der Waals surface area contributed by atoms with Gasteiger partial charge in [-0.3, -0.25) is 0 Å². The average Bonchev–Trinajstić information content (AvgIpc) is 3.16. The first-order valence-corrected chi connectivity index (χ1v) is 8.64. The molecule has 22 heavy (non-hydrogen) atoms. The molecule has 114 valence electrons.